The fraction of sp³-hybridized carbons (Fsp3) is 0.643. The first kappa shape index (κ1) is 12.5. The van der Waals surface area contributed by atoms with Gasteiger partial charge in [0.1, 0.15) is 0 Å². The van der Waals surface area contributed by atoms with Crippen LogP contribution in [0.5, 0.6) is 0 Å². The molecule has 1 saturated carbocycles. The standard InChI is InChI=1S/C14H21NO2/c1-2-17-14-8-12(9-14)7-13(16)6-11-4-3-5-15-10-11/h3-5,10,12-14,16H,2,6-9H2,1H3. The van der Waals surface area contributed by atoms with Crippen LogP contribution in [0.3, 0.4) is 0 Å². The Labute approximate surface area is 103 Å². The summed E-state index contributed by atoms with van der Waals surface area (Å²) in [4.78, 5) is 4.06. The Morgan fingerprint density at radius 1 is 1.53 bits per heavy atom. The molecule has 3 heteroatoms. The van der Waals surface area contributed by atoms with Gasteiger partial charge in [0.25, 0.3) is 0 Å². The quantitative estimate of drug-likeness (QED) is 0.822. The monoisotopic (exact) mass is 235 g/mol. The van der Waals surface area contributed by atoms with Crippen molar-refractivity contribution in [2.45, 2.75) is 44.8 Å². The van der Waals surface area contributed by atoms with Gasteiger partial charge in [-0.15, -0.1) is 0 Å². The lowest BCUT2D eigenvalue weighted by Gasteiger charge is -2.36. The number of aliphatic hydroxyl groups is 1. The van der Waals surface area contributed by atoms with Crippen molar-refractivity contribution in [3.8, 4) is 0 Å². The molecular weight excluding hydrogens is 214 g/mol. The Morgan fingerprint density at radius 3 is 3.00 bits per heavy atom. The van der Waals surface area contributed by atoms with Crippen LogP contribution >= 0.6 is 0 Å². The van der Waals surface area contributed by atoms with E-state index in [1.807, 2.05) is 25.3 Å². The summed E-state index contributed by atoms with van der Waals surface area (Å²) in [5.74, 6) is 0.637. The summed E-state index contributed by atoms with van der Waals surface area (Å²) in [6.07, 6.45) is 7.60. The predicted molar refractivity (Wildman–Crippen MR) is 66.7 cm³/mol. The van der Waals surface area contributed by atoms with Crippen molar-refractivity contribution in [1.29, 1.82) is 0 Å². The molecule has 94 valence electrons. The predicted octanol–water partition coefficient (Wildman–Crippen LogP) is 2.19. The molecule has 1 unspecified atom stereocenters. The first-order chi connectivity index (χ1) is 8.28. The van der Waals surface area contributed by atoms with E-state index < -0.39 is 0 Å². The summed E-state index contributed by atoms with van der Waals surface area (Å²) in [5, 5.41) is 9.99. The third-order valence-electron chi connectivity index (χ3n) is 3.39. The highest BCUT2D eigenvalue weighted by Crippen LogP contribution is 2.33. The molecular formula is C14H21NO2. The van der Waals surface area contributed by atoms with Gasteiger partial charge in [0.2, 0.25) is 0 Å². The lowest BCUT2D eigenvalue weighted by molar-refractivity contribution is -0.0375. The number of aliphatic hydroxyl groups excluding tert-OH is 1. The third kappa shape index (κ3) is 3.79. The highest BCUT2D eigenvalue weighted by atomic mass is 16.5. The Bertz CT molecular complexity index is 322. The SMILES string of the molecule is CCOC1CC(CC(O)Cc2cccnc2)C1. The molecule has 0 radical (unpaired) electrons. The third-order valence-corrected chi connectivity index (χ3v) is 3.39. The molecule has 1 N–H and O–H groups in total. The van der Waals surface area contributed by atoms with E-state index in [4.69, 9.17) is 4.74 Å². The largest absolute Gasteiger partial charge is 0.393 e. The summed E-state index contributed by atoms with van der Waals surface area (Å²) in [5.41, 5.74) is 1.11. The van der Waals surface area contributed by atoms with E-state index in [1.54, 1.807) is 6.20 Å². The van der Waals surface area contributed by atoms with Crippen LogP contribution in [0.1, 0.15) is 31.7 Å². The normalized spacial score (nSPS) is 25.3. The summed E-state index contributed by atoms with van der Waals surface area (Å²) in [7, 11) is 0. The average Bonchev–Trinajstić information content (AvgIpc) is 2.27. The lowest BCUT2D eigenvalue weighted by Crippen LogP contribution is -2.34. The number of nitrogens with zero attached hydrogens (tertiary/aromatic N) is 1. The fourth-order valence-corrected chi connectivity index (χ4v) is 2.50. The van der Waals surface area contributed by atoms with E-state index in [2.05, 4.69) is 4.98 Å². The summed E-state index contributed by atoms with van der Waals surface area (Å²) in [6, 6.07) is 3.93. The minimum Gasteiger partial charge on any atom is -0.393 e. The molecule has 0 spiro atoms. The molecule has 0 amide bonds. The second-order valence-corrected chi connectivity index (χ2v) is 4.87. The van der Waals surface area contributed by atoms with Gasteiger partial charge in [0.05, 0.1) is 12.2 Å². The molecule has 17 heavy (non-hydrogen) atoms. The maximum Gasteiger partial charge on any atom is 0.0583 e. The lowest BCUT2D eigenvalue weighted by atomic mass is 9.78. The van der Waals surface area contributed by atoms with E-state index in [0.29, 0.717) is 18.4 Å². The number of aromatic nitrogens is 1. The van der Waals surface area contributed by atoms with Crippen molar-refractivity contribution < 1.29 is 9.84 Å². The first-order valence-electron chi connectivity index (χ1n) is 6.46. The van der Waals surface area contributed by atoms with Gasteiger partial charge in [-0.2, -0.15) is 0 Å². The van der Waals surface area contributed by atoms with Crippen LogP contribution in [-0.2, 0) is 11.2 Å². The van der Waals surface area contributed by atoms with E-state index >= 15 is 0 Å². The zero-order chi connectivity index (χ0) is 12.1. The molecule has 1 atom stereocenters. The number of hydrogen-bond acceptors (Lipinski definition) is 3. The second kappa shape index (κ2) is 6.12. The Hall–Kier alpha value is -0.930. The maximum atomic E-state index is 9.99. The van der Waals surface area contributed by atoms with E-state index in [9.17, 15) is 5.11 Å². The minimum atomic E-state index is -0.244. The Morgan fingerprint density at radius 2 is 2.35 bits per heavy atom. The molecule has 0 aromatic carbocycles. The van der Waals surface area contributed by atoms with E-state index in [1.165, 1.54) is 0 Å². The molecule has 1 heterocycles. The van der Waals surface area contributed by atoms with Crippen LogP contribution in [-0.4, -0.2) is 28.9 Å². The molecule has 2 rings (SSSR count). The summed E-state index contributed by atoms with van der Waals surface area (Å²) in [6.45, 7) is 2.83. The second-order valence-electron chi connectivity index (χ2n) is 4.87. The average molecular weight is 235 g/mol. The van der Waals surface area contributed by atoms with E-state index in [-0.39, 0.29) is 6.10 Å². The van der Waals surface area contributed by atoms with Gasteiger partial charge < -0.3 is 9.84 Å². The number of ether oxygens (including phenoxy) is 1. The van der Waals surface area contributed by atoms with Crippen molar-refractivity contribution in [3.63, 3.8) is 0 Å². The van der Waals surface area contributed by atoms with Crippen molar-refractivity contribution in [1.82, 2.24) is 4.98 Å². The van der Waals surface area contributed by atoms with Crippen LogP contribution in [0.2, 0.25) is 0 Å². The Balaban J connectivity index is 1.67. The van der Waals surface area contributed by atoms with Crippen molar-refractivity contribution >= 4 is 0 Å². The molecule has 1 aromatic heterocycles. The first-order valence-corrected chi connectivity index (χ1v) is 6.46. The molecule has 1 aromatic rings. The maximum absolute atomic E-state index is 9.99. The molecule has 3 nitrogen and oxygen atoms in total. The number of hydrogen-bond donors (Lipinski definition) is 1. The summed E-state index contributed by atoms with van der Waals surface area (Å²) < 4.78 is 5.52. The molecule has 1 fully saturated rings. The van der Waals surface area contributed by atoms with Crippen LogP contribution in [0, 0.1) is 5.92 Å². The van der Waals surface area contributed by atoms with E-state index in [0.717, 1.165) is 31.4 Å². The van der Waals surface area contributed by atoms with Crippen molar-refractivity contribution in [3.05, 3.63) is 30.1 Å². The fourth-order valence-electron chi connectivity index (χ4n) is 2.50. The van der Waals surface area contributed by atoms with Crippen LogP contribution in [0.15, 0.2) is 24.5 Å². The van der Waals surface area contributed by atoms with Gasteiger partial charge in [-0.3, -0.25) is 4.98 Å². The summed E-state index contributed by atoms with van der Waals surface area (Å²) >= 11 is 0. The smallest absolute Gasteiger partial charge is 0.0583 e. The van der Waals surface area contributed by atoms with Crippen LogP contribution < -0.4 is 0 Å². The molecule has 1 aliphatic carbocycles. The van der Waals surface area contributed by atoms with Crippen molar-refractivity contribution in [2.24, 2.45) is 5.92 Å². The van der Waals surface area contributed by atoms with Crippen molar-refractivity contribution in [2.75, 3.05) is 6.61 Å². The highest BCUT2D eigenvalue weighted by molar-refractivity contribution is 5.09. The Kier molecular flexibility index (Phi) is 4.51. The highest BCUT2D eigenvalue weighted by Gasteiger charge is 2.30. The van der Waals surface area contributed by atoms with Gasteiger partial charge in [-0.05, 0) is 50.2 Å². The molecule has 0 aliphatic heterocycles. The topological polar surface area (TPSA) is 42.4 Å². The minimum absolute atomic E-state index is 0.244. The number of pyridine rings is 1. The van der Waals surface area contributed by atoms with Crippen LogP contribution in [0.25, 0.3) is 0 Å². The molecule has 1 aliphatic rings. The zero-order valence-corrected chi connectivity index (χ0v) is 10.4. The van der Waals surface area contributed by atoms with Gasteiger partial charge in [0, 0.05) is 19.0 Å². The van der Waals surface area contributed by atoms with Crippen LogP contribution in [0.4, 0.5) is 0 Å². The van der Waals surface area contributed by atoms with Gasteiger partial charge in [-0.25, -0.2) is 0 Å². The van der Waals surface area contributed by atoms with Gasteiger partial charge in [-0.1, -0.05) is 6.07 Å². The molecule has 0 saturated heterocycles. The van der Waals surface area contributed by atoms with Gasteiger partial charge >= 0.3 is 0 Å². The molecule has 0 bridgehead atoms. The number of rotatable bonds is 6. The zero-order valence-electron chi connectivity index (χ0n) is 10.4. The van der Waals surface area contributed by atoms with Gasteiger partial charge in [0.15, 0.2) is 0 Å².